The highest BCUT2D eigenvalue weighted by atomic mass is 16.1. The van der Waals surface area contributed by atoms with Crippen LogP contribution in [0.2, 0.25) is 0 Å². The second-order valence-corrected chi connectivity index (χ2v) is 4.52. The van der Waals surface area contributed by atoms with Gasteiger partial charge in [0, 0.05) is 36.8 Å². The van der Waals surface area contributed by atoms with Gasteiger partial charge < -0.3 is 11.1 Å². The molecule has 4 nitrogen and oxygen atoms in total. The molecule has 3 N–H and O–H groups in total. The van der Waals surface area contributed by atoms with Gasteiger partial charge >= 0.3 is 0 Å². The van der Waals surface area contributed by atoms with Gasteiger partial charge in [-0.3, -0.25) is 9.78 Å². The molecule has 0 atom stereocenters. The molecule has 0 spiro atoms. The third-order valence-electron chi connectivity index (χ3n) is 2.33. The number of nitrogens with two attached hydrogens (primary N) is 1. The van der Waals surface area contributed by atoms with Crippen LogP contribution in [0.1, 0.15) is 26.0 Å². The van der Waals surface area contributed by atoms with Crippen molar-refractivity contribution in [2.75, 3.05) is 6.54 Å². The topological polar surface area (TPSA) is 68.0 Å². The van der Waals surface area contributed by atoms with Crippen molar-refractivity contribution in [3.05, 3.63) is 30.1 Å². The maximum atomic E-state index is 10.8. The molecule has 0 aliphatic heterocycles. The lowest BCUT2D eigenvalue weighted by molar-refractivity contribution is -0.119. The molecule has 1 aromatic rings. The van der Waals surface area contributed by atoms with E-state index in [-0.39, 0.29) is 11.4 Å². The minimum Gasteiger partial charge on any atom is -0.370 e. The van der Waals surface area contributed by atoms with Gasteiger partial charge in [0.25, 0.3) is 0 Å². The zero-order valence-corrected chi connectivity index (χ0v) is 9.86. The van der Waals surface area contributed by atoms with Crippen LogP contribution >= 0.6 is 0 Å². The fourth-order valence-electron chi connectivity index (χ4n) is 1.57. The number of nitrogens with zero attached hydrogens (tertiary/aromatic N) is 1. The van der Waals surface area contributed by atoms with Gasteiger partial charge in [0.15, 0.2) is 0 Å². The van der Waals surface area contributed by atoms with Crippen molar-refractivity contribution in [1.29, 1.82) is 0 Å². The summed E-state index contributed by atoms with van der Waals surface area (Å²) in [6, 6.07) is 5.85. The van der Waals surface area contributed by atoms with Gasteiger partial charge in [-0.1, -0.05) is 6.07 Å². The Morgan fingerprint density at radius 2 is 2.25 bits per heavy atom. The van der Waals surface area contributed by atoms with E-state index in [1.807, 2.05) is 32.0 Å². The number of carbonyl (C=O) groups excluding carboxylic acids is 1. The van der Waals surface area contributed by atoms with Crippen LogP contribution in [0.15, 0.2) is 24.4 Å². The van der Waals surface area contributed by atoms with E-state index in [1.54, 1.807) is 6.20 Å². The number of nitrogens with one attached hydrogen (secondary N) is 1. The largest absolute Gasteiger partial charge is 0.370 e. The first-order chi connectivity index (χ1) is 7.49. The number of amides is 1. The van der Waals surface area contributed by atoms with Crippen LogP contribution in [0.25, 0.3) is 0 Å². The normalized spacial score (nSPS) is 11.4. The van der Waals surface area contributed by atoms with Crippen molar-refractivity contribution in [1.82, 2.24) is 10.3 Å². The summed E-state index contributed by atoms with van der Waals surface area (Å²) >= 11 is 0. The smallest absolute Gasteiger partial charge is 0.219 e. The highest BCUT2D eigenvalue weighted by Gasteiger charge is 2.19. The molecule has 88 valence electrons. The third kappa shape index (κ3) is 4.89. The molecule has 0 aliphatic rings. The Morgan fingerprint density at radius 3 is 2.81 bits per heavy atom. The number of pyridine rings is 1. The van der Waals surface area contributed by atoms with Gasteiger partial charge in [-0.15, -0.1) is 0 Å². The van der Waals surface area contributed by atoms with Crippen molar-refractivity contribution < 1.29 is 4.79 Å². The van der Waals surface area contributed by atoms with E-state index in [2.05, 4.69) is 10.3 Å². The van der Waals surface area contributed by atoms with Crippen molar-refractivity contribution in [2.45, 2.75) is 32.2 Å². The van der Waals surface area contributed by atoms with Crippen molar-refractivity contribution in [3.63, 3.8) is 0 Å². The maximum Gasteiger partial charge on any atom is 0.219 e. The van der Waals surface area contributed by atoms with Crippen LogP contribution in [0.5, 0.6) is 0 Å². The summed E-state index contributed by atoms with van der Waals surface area (Å²) in [5, 5.41) is 3.30. The summed E-state index contributed by atoms with van der Waals surface area (Å²) in [6.07, 6.45) is 2.97. The minimum absolute atomic E-state index is 0.249. The summed E-state index contributed by atoms with van der Waals surface area (Å²) in [5.74, 6) is -0.282. The zero-order valence-electron chi connectivity index (χ0n) is 9.86. The van der Waals surface area contributed by atoms with E-state index in [4.69, 9.17) is 5.73 Å². The van der Waals surface area contributed by atoms with Crippen molar-refractivity contribution >= 4 is 5.91 Å². The average molecular weight is 221 g/mol. The molecule has 1 aromatic heterocycles. The standard InChI is InChI=1S/C12H19N3O/c1-12(2,9-11(13)16)15-8-6-10-5-3-4-7-14-10/h3-5,7,15H,6,8-9H2,1-2H3,(H2,13,16). The molecule has 0 unspecified atom stereocenters. The van der Waals surface area contributed by atoms with E-state index in [1.165, 1.54) is 0 Å². The molecule has 4 heteroatoms. The van der Waals surface area contributed by atoms with Crippen LogP contribution < -0.4 is 11.1 Å². The fourth-order valence-corrected chi connectivity index (χ4v) is 1.57. The monoisotopic (exact) mass is 221 g/mol. The molecule has 0 radical (unpaired) electrons. The second-order valence-electron chi connectivity index (χ2n) is 4.52. The number of hydrogen-bond donors (Lipinski definition) is 2. The lowest BCUT2D eigenvalue weighted by Gasteiger charge is -2.24. The molecule has 0 saturated carbocycles. The molecule has 0 bridgehead atoms. The highest BCUT2D eigenvalue weighted by molar-refractivity contribution is 5.74. The quantitative estimate of drug-likeness (QED) is 0.749. The second kappa shape index (κ2) is 5.61. The Kier molecular flexibility index (Phi) is 4.43. The summed E-state index contributed by atoms with van der Waals surface area (Å²) in [6.45, 7) is 4.73. The molecule has 0 fully saturated rings. The Balaban J connectivity index is 2.32. The molecule has 0 saturated heterocycles. The van der Waals surface area contributed by atoms with Crippen LogP contribution in [-0.2, 0) is 11.2 Å². The Hall–Kier alpha value is -1.42. The van der Waals surface area contributed by atoms with Gasteiger partial charge in [0.1, 0.15) is 0 Å². The average Bonchev–Trinajstić information content (AvgIpc) is 2.16. The van der Waals surface area contributed by atoms with E-state index in [0.29, 0.717) is 6.42 Å². The van der Waals surface area contributed by atoms with Gasteiger partial charge in [0.05, 0.1) is 0 Å². The number of hydrogen-bond acceptors (Lipinski definition) is 3. The number of rotatable bonds is 6. The Labute approximate surface area is 96.3 Å². The van der Waals surface area contributed by atoms with Gasteiger partial charge in [-0.2, -0.15) is 0 Å². The predicted molar refractivity (Wildman–Crippen MR) is 63.8 cm³/mol. The molecule has 0 aliphatic carbocycles. The molecule has 16 heavy (non-hydrogen) atoms. The minimum atomic E-state index is -0.282. The molecular weight excluding hydrogens is 202 g/mol. The van der Waals surface area contributed by atoms with Gasteiger partial charge in [0.2, 0.25) is 5.91 Å². The Bertz CT molecular complexity index is 335. The van der Waals surface area contributed by atoms with Gasteiger partial charge in [-0.05, 0) is 26.0 Å². The molecule has 1 heterocycles. The first-order valence-corrected chi connectivity index (χ1v) is 5.43. The number of carbonyl (C=O) groups is 1. The number of primary amides is 1. The van der Waals surface area contributed by atoms with Crippen LogP contribution in [-0.4, -0.2) is 23.0 Å². The molecular formula is C12H19N3O. The zero-order chi connectivity index (χ0) is 12.0. The summed E-state index contributed by atoms with van der Waals surface area (Å²) < 4.78 is 0. The third-order valence-corrected chi connectivity index (χ3v) is 2.33. The first-order valence-electron chi connectivity index (χ1n) is 5.43. The van der Waals surface area contributed by atoms with Crippen LogP contribution in [0.4, 0.5) is 0 Å². The molecule has 0 aromatic carbocycles. The maximum absolute atomic E-state index is 10.8. The number of aromatic nitrogens is 1. The lowest BCUT2D eigenvalue weighted by Crippen LogP contribution is -2.43. The predicted octanol–water partition coefficient (Wildman–Crippen LogP) is 0.868. The Morgan fingerprint density at radius 1 is 1.50 bits per heavy atom. The summed E-state index contributed by atoms with van der Waals surface area (Å²) in [4.78, 5) is 15.0. The van der Waals surface area contributed by atoms with Crippen molar-refractivity contribution in [3.8, 4) is 0 Å². The van der Waals surface area contributed by atoms with E-state index in [9.17, 15) is 4.79 Å². The van der Waals surface area contributed by atoms with Gasteiger partial charge in [-0.25, -0.2) is 0 Å². The van der Waals surface area contributed by atoms with Crippen LogP contribution in [0.3, 0.4) is 0 Å². The van der Waals surface area contributed by atoms with E-state index < -0.39 is 0 Å². The molecule has 1 rings (SSSR count). The lowest BCUT2D eigenvalue weighted by atomic mass is 10.0. The fraction of sp³-hybridized carbons (Fsp3) is 0.500. The molecule has 1 amide bonds. The van der Waals surface area contributed by atoms with E-state index >= 15 is 0 Å². The highest BCUT2D eigenvalue weighted by Crippen LogP contribution is 2.07. The van der Waals surface area contributed by atoms with E-state index in [0.717, 1.165) is 18.7 Å². The SMILES string of the molecule is CC(C)(CC(N)=O)NCCc1ccccn1. The van der Waals surface area contributed by atoms with Crippen LogP contribution in [0, 0.1) is 0 Å². The first kappa shape index (κ1) is 12.6. The summed E-state index contributed by atoms with van der Waals surface area (Å²) in [5.41, 5.74) is 5.97. The van der Waals surface area contributed by atoms with Crippen molar-refractivity contribution in [2.24, 2.45) is 5.73 Å². The summed E-state index contributed by atoms with van der Waals surface area (Å²) in [7, 11) is 0.